The molecule has 0 saturated heterocycles. The minimum Gasteiger partial charge on any atom is -0.477 e. The van der Waals surface area contributed by atoms with Crippen LogP contribution in [0.2, 0.25) is 0 Å². The van der Waals surface area contributed by atoms with Crippen LogP contribution in [0.4, 0.5) is 5.95 Å². The summed E-state index contributed by atoms with van der Waals surface area (Å²) in [5.74, 6) is 0.741. The minimum atomic E-state index is -1.01. The first kappa shape index (κ1) is 13.8. The van der Waals surface area contributed by atoms with Crippen LogP contribution in [0.25, 0.3) is 0 Å². The zero-order valence-electron chi connectivity index (χ0n) is 11.7. The van der Waals surface area contributed by atoms with E-state index in [2.05, 4.69) is 29.1 Å². The second-order valence-corrected chi connectivity index (χ2v) is 5.67. The van der Waals surface area contributed by atoms with E-state index in [9.17, 15) is 4.79 Å². The Morgan fingerprint density at radius 1 is 1.37 bits per heavy atom. The van der Waals surface area contributed by atoms with E-state index < -0.39 is 5.97 Å². The highest BCUT2D eigenvalue weighted by atomic mass is 16.4. The number of aromatic carboxylic acids is 1. The van der Waals surface area contributed by atoms with Crippen molar-refractivity contribution >= 4 is 11.9 Å². The third kappa shape index (κ3) is 3.43. The van der Waals surface area contributed by atoms with E-state index in [4.69, 9.17) is 5.11 Å². The second kappa shape index (κ2) is 5.55. The van der Waals surface area contributed by atoms with Gasteiger partial charge in [-0.2, -0.15) is 0 Å². The monoisotopic (exact) mass is 263 g/mol. The summed E-state index contributed by atoms with van der Waals surface area (Å²) in [6.45, 7) is 6.28. The fourth-order valence-corrected chi connectivity index (χ4v) is 2.79. The lowest BCUT2D eigenvalue weighted by Crippen LogP contribution is -2.33. The molecular weight excluding hydrogens is 242 g/mol. The van der Waals surface area contributed by atoms with Crippen molar-refractivity contribution in [3.63, 3.8) is 0 Å². The Hall–Kier alpha value is -1.65. The van der Waals surface area contributed by atoms with E-state index in [1.54, 1.807) is 6.92 Å². The van der Waals surface area contributed by atoms with Crippen LogP contribution < -0.4 is 5.32 Å². The zero-order valence-corrected chi connectivity index (χ0v) is 11.7. The molecule has 1 aromatic rings. The first-order valence-corrected chi connectivity index (χ1v) is 6.81. The van der Waals surface area contributed by atoms with Gasteiger partial charge in [0, 0.05) is 11.7 Å². The van der Waals surface area contributed by atoms with E-state index in [-0.39, 0.29) is 5.69 Å². The van der Waals surface area contributed by atoms with Crippen molar-refractivity contribution in [1.29, 1.82) is 0 Å². The van der Waals surface area contributed by atoms with Gasteiger partial charge in [0.05, 0.1) is 0 Å². The summed E-state index contributed by atoms with van der Waals surface area (Å²) in [7, 11) is 0. The highest BCUT2D eigenvalue weighted by molar-refractivity contribution is 5.85. The molecule has 1 aliphatic rings. The lowest BCUT2D eigenvalue weighted by molar-refractivity contribution is 0.0690. The maximum Gasteiger partial charge on any atom is 0.354 e. The molecule has 1 aliphatic carbocycles. The molecule has 1 fully saturated rings. The molecule has 3 atom stereocenters. The van der Waals surface area contributed by atoms with E-state index in [0.29, 0.717) is 23.6 Å². The normalized spacial score (nSPS) is 27.0. The van der Waals surface area contributed by atoms with Crippen molar-refractivity contribution in [3.8, 4) is 0 Å². The van der Waals surface area contributed by atoms with Crippen molar-refractivity contribution in [3.05, 3.63) is 17.5 Å². The highest BCUT2D eigenvalue weighted by Crippen LogP contribution is 2.30. The third-order valence-electron chi connectivity index (χ3n) is 3.82. The molecule has 0 amide bonds. The number of carbonyl (C=O) groups is 1. The number of hydrogen-bond acceptors (Lipinski definition) is 4. The highest BCUT2D eigenvalue weighted by Gasteiger charge is 2.26. The predicted octanol–water partition coefficient (Wildman–Crippen LogP) is 2.72. The van der Waals surface area contributed by atoms with Gasteiger partial charge in [-0.15, -0.1) is 0 Å². The van der Waals surface area contributed by atoms with Crippen LogP contribution in [0, 0.1) is 18.8 Å². The Morgan fingerprint density at radius 3 is 2.74 bits per heavy atom. The molecule has 1 aromatic heterocycles. The number of rotatable bonds is 3. The third-order valence-corrected chi connectivity index (χ3v) is 3.82. The van der Waals surface area contributed by atoms with Gasteiger partial charge < -0.3 is 10.4 Å². The van der Waals surface area contributed by atoms with Gasteiger partial charge in [0.25, 0.3) is 0 Å². The van der Waals surface area contributed by atoms with Gasteiger partial charge in [-0.3, -0.25) is 0 Å². The first-order valence-electron chi connectivity index (χ1n) is 6.81. The average molecular weight is 263 g/mol. The topological polar surface area (TPSA) is 75.1 Å². The molecule has 1 heterocycles. The van der Waals surface area contributed by atoms with Crippen molar-refractivity contribution in [2.75, 3.05) is 5.32 Å². The molecule has 5 heteroatoms. The number of aromatic nitrogens is 2. The number of anilines is 1. The van der Waals surface area contributed by atoms with Crippen molar-refractivity contribution in [2.45, 2.75) is 46.1 Å². The molecule has 0 bridgehead atoms. The van der Waals surface area contributed by atoms with Gasteiger partial charge in [-0.1, -0.05) is 13.8 Å². The second-order valence-electron chi connectivity index (χ2n) is 5.67. The molecule has 0 radical (unpaired) electrons. The number of hydrogen-bond donors (Lipinski definition) is 2. The van der Waals surface area contributed by atoms with Gasteiger partial charge >= 0.3 is 5.97 Å². The molecular formula is C14H21N3O2. The van der Waals surface area contributed by atoms with Crippen LogP contribution in [0.3, 0.4) is 0 Å². The lowest BCUT2D eigenvalue weighted by atomic mass is 9.80. The molecule has 3 unspecified atom stereocenters. The summed E-state index contributed by atoms with van der Waals surface area (Å²) < 4.78 is 0. The minimum absolute atomic E-state index is 0.0480. The van der Waals surface area contributed by atoms with Gasteiger partial charge in [-0.05, 0) is 44.1 Å². The Bertz CT molecular complexity index is 476. The van der Waals surface area contributed by atoms with Crippen LogP contribution in [0.5, 0.6) is 0 Å². The maximum absolute atomic E-state index is 11.0. The maximum atomic E-state index is 11.0. The van der Waals surface area contributed by atoms with Crippen molar-refractivity contribution in [2.24, 2.45) is 11.8 Å². The first-order chi connectivity index (χ1) is 8.95. The molecule has 19 heavy (non-hydrogen) atoms. The molecule has 104 valence electrons. The molecule has 5 nitrogen and oxygen atoms in total. The summed E-state index contributed by atoms with van der Waals surface area (Å²) in [5, 5.41) is 12.3. The predicted molar refractivity (Wildman–Crippen MR) is 73.3 cm³/mol. The summed E-state index contributed by atoms with van der Waals surface area (Å²) in [4.78, 5) is 19.3. The van der Waals surface area contributed by atoms with Crippen LogP contribution in [0.15, 0.2) is 6.07 Å². The number of carboxylic acids is 1. The van der Waals surface area contributed by atoms with Crippen LogP contribution in [0.1, 0.15) is 49.3 Å². The zero-order chi connectivity index (χ0) is 14.0. The number of nitrogens with zero attached hydrogens (tertiary/aromatic N) is 2. The van der Waals surface area contributed by atoms with E-state index in [1.165, 1.54) is 18.9 Å². The van der Waals surface area contributed by atoms with Crippen LogP contribution in [-0.4, -0.2) is 27.1 Å². The Labute approximate surface area is 113 Å². The molecule has 0 spiro atoms. The van der Waals surface area contributed by atoms with E-state index in [0.717, 1.165) is 12.3 Å². The van der Waals surface area contributed by atoms with E-state index in [1.807, 2.05) is 0 Å². The average Bonchev–Trinajstić information content (AvgIpc) is 2.32. The Kier molecular flexibility index (Phi) is 4.02. The summed E-state index contributed by atoms with van der Waals surface area (Å²) in [6, 6.07) is 1.82. The summed E-state index contributed by atoms with van der Waals surface area (Å²) in [6.07, 6.45) is 3.47. The largest absolute Gasteiger partial charge is 0.477 e. The van der Waals surface area contributed by atoms with Gasteiger partial charge in [-0.25, -0.2) is 14.8 Å². The number of nitrogens with one attached hydrogen (secondary N) is 1. The van der Waals surface area contributed by atoms with Crippen molar-refractivity contribution in [1.82, 2.24) is 9.97 Å². The number of aryl methyl sites for hydroxylation is 1. The molecule has 2 rings (SSSR count). The quantitative estimate of drug-likeness (QED) is 0.877. The Balaban J connectivity index is 2.12. The van der Waals surface area contributed by atoms with Crippen molar-refractivity contribution < 1.29 is 9.90 Å². The summed E-state index contributed by atoms with van der Waals surface area (Å²) >= 11 is 0. The van der Waals surface area contributed by atoms with Crippen LogP contribution in [-0.2, 0) is 0 Å². The van der Waals surface area contributed by atoms with E-state index >= 15 is 0 Å². The SMILES string of the molecule is Cc1cc(C(=O)O)nc(NC2CCC(C)CC2C)n1. The van der Waals surface area contributed by atoms with Gasteiger partial charge in [0.1, 0.15) is 0 Å². The van der Waals surface area contributed by atoms with Crippen LogP contribution >= 0.6 is 0 Å². The standard InChI is InChI=1S/C14H21N3O2/c1-8-4-5-11(9(2)6-8)16-14-15-10(3)7-12(17-14)13(18)19/h7-9,11H,4-6H2,1-3H3,(H,18,19)(H,15,16,17). The molecule has 0 aliphatic heterocycles. The number of carboxylic acid groups (broad SMARTS) is 1. The van der Waals surface area contributed by atoms with Gasteiger partial charge in [0.2, 0.25) is 5.95 Å². The molecule has 0 aromatic carbocycles. The Morgan fingerprint density at radius 2 is 2.11 bits per heavy atom. The fraction of sp³-hybridized carbons (Fsp3) is 0.643. The lowest BCUT2D eigenvalue weighted by Gasteiger charge is -2.33. The smallest absolute Gasteiger partial charge is 0.354 e. The molecule has 1 saturated carbocycles. The summed E-state index contributed by atoms with van der Waals surface area (Å²) in [5.41, 5.74) is 0.721. The molecule has 2 N–H and O–H groups in total. The fourth-order valence-electron chi connectivity index (χ4n) is 2.79. The van der Waals surface area contributed by atoms with Gasteiger partial charge in [0.15, 0.2) is 5.69 Å².